The van der Waals surface area contributed by atoms with Crippen LogP contribution in [0.15, 0.2) is 53.9 Å². The summed E-state index contributed by atoms with van der Waals surface area (Å²) in [6.07, 6.45) is 0. The topological polar surface area (TPSA) is 59.3 Å². The van der Waals surface area contributed by atoms with Crippen LogP contribution in [-0.2, 0) is 0 Å². The highest BCUT2D eigenvalue weighted by Gasteiger charge is 2.15. The predicted octanol–water partition coefficient (Wildman–Crippen LogP) is 4.33. The summed E-state index contributed by atoms with van der Waals surface area (Å²) < 4.78 is 1.77. The first-order valence-electron chi connectivity index (χ1n) is 7.90. The molecule has 124 valence electrons. The molecule has 2 aromatic heterocycles. The lowest BCUT2D eigenvalue weighted by molar-refractivity contribution is 0.102. The van der Waals surface area contributed by atoms with Gasteiger partial charge in [0.2, 0.25) is 4.96 Å². The van der Waals surface area contributed by atoms with Crippen LogP contribution in [0.3, 0.4) is 0 Å². The van der Waals surface area contributed by atoms with Crippen LogP contribution in [0.4, 0.5) is 5.95 Å². The first-order chi connectivity index (χ1) is 12.1. The summed E-state index contributed by atoms with van der Waals surface area (Å²) in [5, 5.41) is 9.26. The lowest BCUT2D eigenvalue weighted by Gasteiger charge is -2.04. The molecule has 0 saturated carbocycles. The minimum atomic E-state index is -0.201. The maximum absolute atomic E-state index is 12.4. The molecule has 0 bridgehead atoms. The zero-order valence-corrected chi connectivity index (χ0v) is 14.7. The number of aromatic nitrogens is 3. The fraction of sp³-hybridized carbons (Fsp3) is 0.105. The minimum absolute atomic E-state index is 0.201. The first-order valence-corrected chi connectivity index (χ1v) is 8.78. The van der Waals surface area contributed by atoms with E-state index in [2.05, 4.69) is 46.6 Å². The average Bonchev–Trinajstić information content (AvgIpc) is 3.16. The number of carbonyl (C=O) groups excluding carboxylic acids is 1. The van der Waals surface area contributed by atoms with Crippen molar-refractivity contribution in [3.8, 4) is 11.3 Å². The number of benzene rings is 2. The number of carbonyl (C=O) groups is 1. The highest BCUT2D eigenvalue weighted by Crippen LogP contribution is 2.26. The molecule has 0 atom stereocenters. The van der Waals surface area contributed by atoms with Gasteiger partial charge in [-0.05, 0) is 25.5 Å². The molecule has 1 N–H and O–H groups in total. The van der Waals surface area contributed by atoms with Crippen molar-refractivity contribution in [2.24, 2.45) is 0 Å². The molecule has 1 amide bonds. The van der Waals surface area contributed by atoms with Gasteiger partial charge in [-0.1, -0.05) is 48.0 Å². The third-order valence-corrected chi connectivity index (χ3v) is 4.86. The van der Waals surface area contributed by atoms with Crippen molar-refractivity contribution in [2.75, 3.05) is 5.32 Å². The molecule has 0 unspecified atom stereocenters. The molecule has 0 fully saturated rings. The van der Waals surface area contributed by atoms with E-state index in [0.717, 1.165) is 21.8 Å². The zero-order valence-electron chi connectivity index (χ0n) is 13.9. The number of rotatable bonds is 3. The maximum Gasteiger partial charge on any atom is 0.258 e. The van der Waals surface area contributed by atoms with Crippen molar-refractivity contribution < 1.29 is 4.79 Å². The summed E-state index contributed by atoms with van der Waals surface area (Å²) >= 11 is 1.50. The standard InChI is InChI=1S/C19H16N4OS/c1-12-7-9-14(10-8-12)16-11-25-19-21-18(22-23(16)19)20-17(24)15-6-4-3-5-13(15)2/h3-11H,1-2H3,(H,20,22,24). The smallest absolute Gasteiger partial charge is 0.258 e. The Hall–Kier alpha value is -2.99. The quantitative estimate of drug-likeness (QED) is 0.599. The van der Waals surface area contributed by atoms with Gasteiger partial charge in [0.15, 0.2) is 0 Å². The van der Waals surface area contributed by atoms with E-state index in [0.29, 0.717) is 11.5 Å². The normalized spacial score (nSPS) is 11.0. The Morgan fingerprint density at radius 3 is 2.60 bits per heavy atom. The number of nitrogens with zero attached hydrogens (tertiary/aromatic N) is 3. The predicted molar refractivity (Wildman–Crippen MR) is 100 cm³/mol. The van der Waals surface area contributed by atoms with Crippen LogP contribution in [0.5, 0.6) is 0 Å². The van der Waals surface area contributed by atoms with Gasteiger partial charge in [-0.15, -0.1) is 16.4 Å². The lowest BCUT2D eigenvalue weighted by atomic mass is 10.1. The summed E-state index contributed by atoms with van der Waals surface area (Å²) in [6.45, 7) is 3.96. The summed E-state index contributed by atoms with van der Waals surface area (Å²) in [7, 11) is 0. The van der Waals surface area contributed by atoms with E-state index in [1.807, 2.05) is 30.5 Å². The molecule has 0 spiro atoms. The van der Waals surface area contributed by atoms with Crippen LogP contribution in [0.1, 0.15) is 21.5 Å². The summed E-state index contributed by atoms with van der Waals surface area (Å²) in [6, 6.07) is 15.7. The second-order valence-corrected chi connectivity index (χ2v) is 6.72. The Balaban J connectivity index is 1.65. The second kappa shape index (κ2) is 6.14. The van der Waals surface area contributed by atoms with E-state index in [1.165, 1.54) is 16.9 Å². The fourth-order valence-electron chi connectivity index (χ4n) is 2.65. The molecule has 4 rings (SSSR count). The highest BCUT2D eigenvalue weighted by atomic mass is 32.1. The van der Waals surface area contributed by atoms with E-state index in [4.69, 9.17) is 0 Å². The van der Waals surface area contributed by atoms with Crippen molar-refractivity contribution in [1.29, 1.82) is 0 Å². The third kappa shape index (κ3) is 2.92. The summed E-state index contributed by atoms with van der Waals surface area (Å²) in [4.78, 5) is 17.6. The number of anilines is 1. The van der Waals surface area contributed by atoms with Gasteiger partial charge >= 0.3 is 0 Å². The van der Waals surface area contributed by atoms with E-state index >= 15 is 0 Å². The van der Waals surface area contributed by atoms with E-state index in [9.17, 15) is 4.79 Å². The Bertz CT molecular complexity index is 1060. The van der Waals surface area contributed by atoms with Crippen LogP contribution < -0.4 is 5.32 Å². The van der Waals surface area contributed by atoms with Crippen LogP contribution in [0.25, 0.3) is 16.2 Å². The van der Waals surface area contributed by atoms with Gasteiger partial charge < -0.3 is 0 Å². The molecule has 5 nitrogen and oxygen atoms in total. The Kier molecular flexibility index (Phi) is 3.82. The largest absolute Gasteiger partial charge is 0.289 e. The van der Waals surface area contributed by atoms with Crippen molar-refractivity contribution in [3.63, 3.8) is 0 Å². The van der Waals surface area contributed by atoms with Crippen molar-refractivity contribution in [3.05, 3.63) is 70.6 Å². The molecular formula is C19H16N4OS. The van der Waals surface area contributed by atoms with Gasteiger partial charge in [-0.2, -0.15) is 4.98 Å². The number of thiazole rings is 1. The van der Waals surface area contributed by atoms with Crippen LogP contribution in [0, 0.1) is 13.8 Å². The maximum atomic E-state index is 12.4. The van der Waals surface area contributed by atoms with Crippen LogP contribution in [-0.4, -0.2) is 20.5 Å². The zero-order chi connectivity index (χ0) is 17.4. The van der Waals surface area contributed by atoms with Gasteiger partial charge in [-0.3, -0.25) is 10.1 Å². The fourth-order valence-corrected chi connectivity index (χ4v) is 3.48. The molecule has 6 heteroatoms. The van der Waals surface area contributed by atoms with Gasteiger partial charge in [0.25, 0.3) is 11.9 Å². The monoisotopic (exact) mass is 348 g/mol. The van der Waals surface area contributed by atoms with E-state index in [-0.39, 0.29) is 5.91 Å². The number of fused-ring (bicyclic) bond motifs is 1. The molecule has 0 aliphatic heterocycles. The lowest BCUT2D eigenvalue weighted by Crippen LogP contribution is -2.14. The number of amides is 1. The van der Waals surface area contributed by atoms with Crippen molar-refractivity contribution in [2.45, 2.75) is 13.8 Å². The second-order valence-electron chi connectivity index (χ2n) is 5.89. The molecule has 0 radical (unpaired) electrons. The van der Waals surface area contributed by atoms with Crippen LogP contribution >= 0.6 is 11.3 Å². The molecule has 25 heavy (non-hydrogen) atoms. The minimum Gasteiger partial charge on any atom is -0.289 e. The molecule has 2 heterocycles. The Morgan fingerprint density at radius 2 is 1.84 bits per heavy atom. The number of hydrogen-bond acceptors (Lipinski definition) is 4. The Morgan fingerprint density at radius 1 is 1.08 bits per heavy atom. The molecule has 0 saturated heterocycles. The summed E-state index contributed by atoms with van der Waals surface area (Å²) in [5.41, 5.74) is 4.78. The molecule has 0 aliphatic rings. The van der Waals surface area contributed by atoms with Gasteiger partial charge in [0.1, 0.15) is 0 Å². The molecule has 2 aromatic carbocycles. The van der Waals surface area contributed by atoms with E-state index in [1.54, 1.807) is 10.6 Å². The van der Waals surface area contributed by atoms with Gasteiger partial charge in [0, 0.05) is 16.5 Å². The van der Waals surface area contributed by atoms with E-state index < -0.39 is 0 Å². The third-order valence-electron chi connectivity index (χ3n) is 4.04. The molecule has 0 aliphatic carbocycles. The molecular weight excluding hydrogens is 332 g/mol. The Labute approximate surface area is 149 Å². The SMILES string of the molecule is Cc1ccc(-c2csc3nc(NC(=O)c4ccccc4C)nn23)cc1. The molecule has 4 aromatic rings. The average molecular weight is 348 g/mol. The van der Waals surface area contributed by atoms with Gasteiger partial charge in [-0.25, -0.2) is 4.52 Å². The summed E-state index contributed by atoms with van der Waals surface area (Å²) in [5.74, 6) is 0.113. The van der Waals surface area contributed by atoms with Crippen molar-refractivity contribution in [1.82, 2.24) is 14.6 Å². The van der Waals surface area contributed by atoms with Crippen LogP contribution in [0.2, 0.25) is 0 Å². The van der Waals surface area contributed by atoms with Crippen molar-refractivity contribution >= 4 is 28.2 Å². The van der Waals surface area contributed by atoms with Gasteiger partial charge in [0.05, 0.1) is 5.69 Å². The number of nitrogens with one attached hydrogen (secondary N) is 1. The number of hydrogen-bond donors (Lipinski definition) is 1. The highest BCUT2D eigenvalue weighted by molar-refractivity contribution is 7.15. The first kappa shape index (κ1) is 15.5. The number of aryl methyl sites for hydroxylation is 2.